The third kappa shape index (κ3) is 4.13. The number of nitrogens with zero attached hydrogens (tertiary/aromatic N) is 3. The average Bonchev–Trinajstić information content (AvgIpc) is 2.53. The van der Waals surface area contributed by atoms with Crippen molar-refractivity contribution in [2.24, 2.45) is 10.3 Å². The van der Waals surface area contributed by atoms with Crippen LogP contribution in [-0.4, -0.2) is 23.2 Å². The zero-order valence-corrected chi connectivity index (χ0v) is 12.6. The molecular formula is C17H21N3O. The zero-order chi connectivity index (χ0) is 15.2. The van der Waals surface area contributed by atoms with Crippen molar-refractivity contribution in [1.82, 2.24) is 5.01 Å². The van der Waals surface area contributed by atoms with Crippen LogP contribution in [0.15, 0.2) is 64.9 Å². The van der Waals surface area contributed by atoms with Gasteiger partial charge in [-0.1, -0.05) is 53.3 Å². The van der Waals surface area contributed by atoms with Crippen LogP contribution in [0.1, 0.15) is 24.2 Å². The molecule has 0 spiro atoms. The van der Waals surface area contributed by atoms with Crippen molar-refractivity contribution in [1.29, 1.82) is 0 Å². The molecule has 0 bridgehead atoms. The van der Waals surface area contributed by atoms with Gasteiger partial charge in [0.1, 0.15) is 6.10 Å². The quantitative estimate of drug-likeness (QED) is 0.665. The summed E-state index contributed by atoms with van der Waals surface area (Å²) in [5, 5.41) is 20.4. The molecule has 0 amide bonds. The summed E-state index contributed by atoms with van der Waals surface area (Å²) in [7, 11) is 1.81. The molecule has 1 N–H and O–H groups in total. The maximum Gasteiger partial charge on any atom is 0.101 e. The van der Waals surface area contributed by atoms with E-state index in [9.17, 15) is 5.11 Å². The number of rotatable bonds is 5. The molecule has 0 saturated carbocycles. The second kappa shape index (κ2) is 6.99. The maximum absolute atomic E-state index is 10.3. The highest BCUT2D eigenvalue weighted by atomic mass is 16.3. The van der Waals surface area contributed by atoms with Crippen LogP contribution in [0.3, 0.4) is 0 Å². The van der Waals surface area contributed by atoms with Crippen LogP contribution in [-0.2, 0) is 0 Å². The van der Waals surface area contributed by atoms with Gasteiger partial charge in [0, 0.05) is 7.05 Å². The Balaban J connectivity index is 2.02. The average molecular weight is 283 g/mol. The first-order valence-corrected chi connectivity index (χ1v) is 7.02. The number of aliphatic hydroxyl groups is 1. The lowest BCUT2D eigenvalue weighted by Crippen LogP contribution is -2.30. The minimum absolute atomic E-state index is 0.165. The SMILES string of the molecule is Cc1ccc(N=NN(C)[C@@H](C)[C@H](O)c2ccccc2)cc1. The Morgan fingerprint density at radius 1 is 1.00 bits per heavy atom. The molecule has 0 heterocycles. The summed E-state index contributed by atoms with van der Waals surface area (Å²) in [6.45, 7) is 3.96. The fourth-order valence-corrected chi connectivity index (χ4v) is 1.95. The fraction of sp³-hybridized carbons (Fsp3) is 0.294. The van der Waals surface area contributed by atoms with Gasteiger partial charge in [-0.2, -0.15) is 0 Å². The van der Waals surface area contributed by atoms with Crippen LogP contribution in [0.4, 0.5) is 5.69 Å². The molecule has 0 unspecified atom stereocenters. The zero-order valence-electron chi connectivity index (χ0n) is 12.6. The van der Waals surface area contributed by atoms with E-state index >= 15 is 0 Å². The molecule has 0 aliphatic heterocycles. The summed E-state index contributed by atoms with van der Waals surface area (Å²) in [5.41, 5.74) is 2.87. The Morgan fingerprint density at radius 3 is 2.24 bits per heavy atom. The highest BCUT2D eigenvalue weighted by molar-refractivity contribution is 5.37. The van der Waals surface area contributed by atoms with E-state index in [0.717, 1.165) is 11.3 Å². The predicted octanol–water partition coefficient (Wildman–Crippen LogP) is 4.05. The van der Waals surface area contributed by atoms with Gasteiger partial charge in [-0.25, -0.2) is 0 Å². The highest BCUT2D eigenvalue weighted by Crippen LogP contribution is 2.21. The molecule has 2 rings (SSSR count). The molecule has 0 aliphatic carbocycles. The molecule has 4 nitrogen and oxygen atoms in total. The van der Waals surface area contributed by atoms with Crippen LogP contribution in [0.2, 0.25) is 0 Å². The van der Waals surface area contributed by atoms with Gasteiger partial charge >= 0.3 is 0 Å². The van der Waals surface area contributed by atoms with E-state index in [2.05, 4.69) is 10.3 Å². The third-order valence-corrected chi connectivity index (χ3v) is 3.52. The Labute approximate surface area is 125 Å². The lowest BCUT2D eigenvalue weighted by molar-refractivity contribution is 0.0701. The van der Waals surface area contributed by atoms with E-state index < -0.39 is 6.10 Å². The van der Waals surface area contributed by atoms with Gasteiger partial charge in [-0.05, 0) is 31.5 Å². The summed E-state index contributed by atoms with van der Waals surface area (Å²) in [6.07, 6.45) is -0.604. The van der Waals surface area contributed by atoms with Gasteiger partial charge in [0.2, 0.25) is 0 Å². The Bertz CT molecular complexity index is 581. The third-order valence-electron chi connectivity index (χ3n) is 3.52. The van der Waals surface area contributed by atoms with Crippen LogP contribution in [0, 0.1) is 6.92 Å². The monoisotopic (exact) mass is 283 g/mol. The van der Waals surface area contributed by atoms with Crippen molar-refractivity contribution in [2.45, 2.75) is 26.0 Å². The lowest BCUT2D eigenvalue weighted by atomic mass is 10.0. The molecule has 2 aromatic carbocycles. The van der Waals surface area contributed by atoms with E-state index in [1.54, 1.807) is 5.01 Å². The largest absolute Gasteiger partial charge is 0.386 e. The highest BCUT2D eigenvalue weighted by Gasteiger charge is 2.19. The second-order valence-corrected chi connectivity index (χ2v) is 5.19. The van der Waals surface area contributed by atoms with Gasteiger partial charge in [0.05, 0.1) is 11.7 Å². The van der Waals surface area contributed by atoms with Gasteiger partial charge in [0.15, 0.2) is 0 Å². The minimum Gasteiger partial charge on any atom is -0.386 e. The summed E-state index contributed by atoms with van der Waals surface area (Å²) >= 11 is 0. The molecule has 21 heavy (non-hydrogen) atoms. The van der Waals surface area contributed by atoms with E-state index in [-0.39, 0.29) is 6.04 Å². The van der Waals surface area contributed by atoms with Gasteiger partial charge < -0.3 is 5.11 Å². The molecule has 0 aromatic heterocycles. The number of aliphatic hydroxyl groups excluding tert-OH is 1. The smallest absolute Gasteiger partial charge is 0.101 e. The number of likely N-dealkylation sites (N-methyl/N-ethyl adjacent to an activating group) is 1. The fourth-order valence-electron chi connectivity index (χ4n) is 1.95. The van der Waals surface area contributed by atoms with Crippen LogP contribution in [0.5, 0.6) is 0 Å². The van der Waals surface area contributed by atoms with Crippen molar-refractivity contribution in [3.05, 3.63) is 65.7 Å². The first kappa shape index (κ1) is 15.2. The van der Waals surface area contributed by atoms with Crippen molar-refractivity contribution < 1.29 is 5.11 Å². The van der Waals surface area contributed by atoms with E-state index in [1.807, 2.05) is 75.5 Å². The van der Waals surface area contributed by atoms with E-state index in [1.165, 1.54) is 5.56 Å². The lowest BCUT2D eigenvalue weighted by Gasteiger charge is -2.25. The van der Waals surface area contributed by atoms with Crippen molar-refractivity contribution in [3.8, 4) is 0 Å². The summed E-state index contributed by atoms with van der Waals surface area (Å²) in [4.78, 5) is 0. The maximum atomic E-state index is 10.3. The number of hydrogen-bond donors (Lipinski definition) is 1. The molecule has 110 valence electrons. The van der Waals surface area contributed by atoms with Gasteiger partial charge in [-0.3, -0.25) is 5.01 Å². The molecule has 2 atom stereocenters. The number of hydrogen-bond acceptors (Lipinski definition) is 3. The van der Waals surface area contributed by atoms with E-state index in [0.29, 0.717) is 0 Å². The van der Waals surface area contributed by atoms with E-state index in [4.69, 9.17) is 0 Å². The van der Waals surface area contributed by atoms with Crippen molar-refractivity contribution in [3.63, 3.8) is 0 Å². The van der Waals surface area contributed by atoms with Gasteiger partial charge in [-0.15, -0.1) is 5.11 Å². The Morgan fingerprint density at radius 2 is 1.62 bits per heavy atom. The first-order valence-electron chi connectivity index (χ1n) is 7.02. The molecule has 0 radical (unpaired) electrons. The second-order valence-electron chi connectivity index (χ2n) is 5.19. The molecule has 2 aromatic rings. The molecule has 4 heteroatoms. The van der Waals surface area contributed by atoms with Crippen molar-refractivity contribution >= 4 is 5.69 Å². The summed E-state index contributed by atoms with van der Waals surface area (Å²) in [6, 6.07) is 17.3. The number of aryl methyl sites for hydroxylation is 1. The molecule has 0 saturated heterocycles. The Kier molecular flexibility index (Phi) is 5.06. The predicted molar refractivity (Wildman–Crippen MR) is 84.3 cm³/mol. The van der Waals surface area contributed by atoms with Crippen LogP contribution < -0.4 is 0 Å². The topological polar surface area (TPSA) is 48.2 Å². The van der Waals surface area contributed by atoms with Gasteiger partial charge in [0.25, 0.3) is 0 Å². The standard InChI is InChI=1S/C17H21N3O/c1-13-9-11-16(12-10-13)18-19-20(3)14(2)17(21)15-7-5-4-6-8-15/h4-12,14,17,21H,1-3H3/t14-,17-/m0/s1. The van der Waals surface area contributed by atoms with Crippen LogP contribution >= 0.6 is 0 Å². The molecule has 0 fully saturated rings. The minimum atomic E-state index is -0.604. The van der Waals surface area contributed by atoms with Crippen molar-refractivity contribution in [2.75, 3.05) is 7.05 Å². The number of benzene rings is 2. The molecular weight excluding hydrogens is 262 g/mol. The normalized spacial score (nSPS) is 14.1. The molecule has 0 aliphatic rings. The summed E-state index contributed by atoms with van der Waals surface area (Å²) in [5.74, 6) is 0. The first-order chi connectivity index (χ1) is 10.1. The van der Waals surface area contributed by atoms with Crippen LogP contribution in [0.25, 0.3) is 0 Å². The Hall–Kier alpha value is -2.20. The summed E-state index contributed by atoms with van der Waals surface area (Å²) < 4.78 is 0.